The standard InChI is InChI=1S/C25H30NO3.C9H20O4S/c27-23(25(28,20-10-3-1-4-11-20)21-12-5-2-6-13-21)29-24-16-9-14-22(15-17-24)26(24)18-7-8-19-26;1-2-3-4-5-6-7-8-9-13-14(10,11)12/h1-6,10-13,22,28H,7-9,14-19H2;2-9H2,1H3,(H,10,11,12)/q+1;/p-1. The summed E-state index contributed by atoms with van der Waals surface area (Å²) < 4.78 is 41.6. The van der Waals surface area contributed by atoms with E-state index < -0.39 is 27.7 Å². The Balaban J connectivity index is 0.000000258. The second kappa shape index (κ2) is 15.1. The van der Waals surface area contributed by atoms with E-state index in [1.807, 2.05) is 60.7 Å². The molecular formula is C34H49NO7S. The largest absolute Gasteiger partial charge is 0.726 e. The van der Waals surface area contributed by atoms with Crippen molar-refractivity contribution in [3.05, 3.63) is 71.8 Å². The van der Waals surface area contributed by atoms with Crippen LogP contribution in [0.15, 0.2) is 60.7 Å². The van der Waals surface area contributed by atoms with Crippen LogP contribution in [0.3, 0.4) is 0 Å². The van der Waals surface area contributed by atoms with E-state index in [1.54, 1.807) is 0 Å². The van der Waals surface area contributed by atoms with Gasteiger partial charge >= 0.3 is 5.97 Å². The van der Waals surface area contributed by atoms with Gasteiger partial charge in [-0.1, -0.05) is 106 Å². The summed E-state index contributed by atoms with van der Waals surface area (Å²) in [6.07, 6.45) is 15.3. The van der Waals surface area contributed by atoms with Crippen LogP contribution in [0.2, 0.25) is 0 Å². The van der Waals surface area contributed by atoms with E-state index in [2.05, 4.69) is 11.1 Å². The molecule has 3 aliphatic rings. The molecule has 3 heterocycles. The molecule has 2 atom stereocenters. The van der Waals surface area contributed by atoms with E-state index in [4.69, 9.17) is 4.74 Å². The third kappa shape index (κ3) is 7.87. The molecule has 3 fully saturated rings. The van der Waals surface area contributed by atoms with Crippen molar-refractivity contribution in [2.24, 2.45) is 0 Å². The molecule has 2 aromatic carbocycles. The highest BCUT2D eigenvalue weighted by Crippen LogP contribution is 2.54. The molecule has 2 unspecified atom stereocenters. The minimum Gasteiger partial charge on any atom is -0.726 e. The van der Waals surface area contributed by atoms with Crippen LogP contribution in [0.1, 0.15) is 108 Å². The lowest BCUT2D eigenvalue weighted by atomic mass is 9.86. The predicted octanol–water partition coefficient (Wildman–Crippen LogP) is 6.33. The number of hydrogen-bond donors (Lipinski definition) is 1. The number of piperidine rings is 1. The van der Waals surface area contributed by atoms with Crippen LogP contribution in [-0.4, -0.2) is 60.0 Å². The summed E-state index contributed by atoms with van der Waals surface area (Å²) >= 11 is 0. The van der Waals surface area contributed by atoms with Crippen molar-refractivity contribution < 1.29 is 36.3 Å². The Bertz CT molecular complexity index is 1200. The summed E-state index contributed by atoms with van der Waals surface area (Å²) in [5.74, 6) is -0.526. The van der Waals surface area contributed by atoms with Gasteiger partial charge in [-0.25, -0.2) is 13.2 Å². The van der Waals surface area contributed by atoms with E-state index in [-0.39, 0.29) is 6.61 Å². The van der Waals surface area contributed by atoms with Gasteiger partial charge in [0.15, 0.2) is 0 Å². The fourth-order valence-electron chi connectivity index (χ4n) is 7.64. The van der Waals surface area contributed by atoms with Crippen molar-refractivity contribution in [2.45, 2.75) is 114 Å². The Morgan fingerprint density at radius 3 is 2.00 bits per heavy atom. The number of rotatable bonds is 13. The van der Waals surface area contributed by atoms with E-state index in [0.717, 1.165) is 56.1 Å². The first-order valence-corrected chi connectivity index (χ1v) is 17.5. The zero-order chi connectivity index (χ0) is 30.8. The fraction of sp³-hybridized carbons (Fsp3) is 0.618. The Hall–Kier alpha value is -2.30. The number of aliphatic hydroxyl groups is 1. The number of hydrogen-bond acceptors (Lipinski definition) is 7. The molecule has 2 aromatic rings. The van der Waals surface area contributed by atoms with Gasteiger partial charge in [-0.2, -0.15) is 0 Å². The Morgan fingerprint density at radius 1 is 0.884 bits per heavy atom. The van der Waals surface area contributed by atoms with E-state index in [9.17, 15) is 22.9 Å². The SMILES string of the molecule is CCCCCCCCCOS(=O)(=O)[O-].O=C(OC12CCCC(CC1)[N+]21CCCC1)C(O)(c1ccccc1)c1ccccc1. The molecule has 43 heavy (non-hydrogen) atoms. The van der Waals surface area contributed by atoms with Gasteiger partial charge in [-0.05, 0) is 30.4 Å². The third-order valence-electron chi connectivity index (χ3n) is 9.78. The normalized spacial score (nSPS) is 22.6. The van der Waals surface area contributed by atoms with Gasteiger partial charge in [-0.3, -0.25) is 8.67 Å². The molecule has 2 bridgehead atoms. The molecule has 0 aliphatic carbocycles. The molecule has 0 radical (unpaired) electrons. The summed E-state index contributed by atoms with van der Waals surface area (Å²) in [7, 11) is -4.48. The highest BCUT2D eigenvalue weighted by molar-refractivity contribution is 7.80. The van der Waals surface area contributed by atoms with Gasteiger partial charge in [0.25, 0.3) is 0 Å². The van der Waals surface area contributed by atoms with E-state index >= 15 is 0 Å². The van der Waals surface area contributed by atoms with Crippen LogP contribution < -0.4 is 0 Å². The summed E-state index contributed by atoms with van der Waals surface area (Å²) in [5, 5.41) is 11.8. The zero-order valence-electron chi connectivity index (χ0n) is 25.6. The average Bonchev–Trinajstić information content (AvgIpc) is 3.54. The Kier molecular flexibility index (Phi) is 11.8. The average molecular weight is 616 g/mol. The van der Waals surface area contributed by atoms with Crippen LogP contribution in [0.25, 0.3) is 0 Å². The molecule has 0 saturated carbocycles. The highest BCUT2D eigenvalue weighted by atomic mass is 32.3. The number of ether oxygens (including phenoxy) is 1. The molecule has 1 spiro atoms. The van der Waals surface area contributed by atoms with Crippen molar-refractivity contribution in [1.82, 2.24) is 0 Å². The first-order valence-electron chi connectivity index (χ1n) is 16.2. The fourth-order valence-corrected chi connectivity index (χ4v) is 7.96. The van der Waals surface area contributed by atoms with Gasteiger partial charge in [0.2, 0.25) is 21.7 Å². The van der Waals surface area contributed by atoms with Gasteiger partial charge in [-0.15, -0.1) is 0 Å². The first-order chi connectivity index (χ1) is 20.7. The van der Waals surface area contributed by atoms with E-state index in [1.165, 1.54) is 44.9 Å². The molecular weight excluding hydrogens is 566 g/mol. The van der Waals surface area contributed by atoms with Gasteiger partial charge < -0.3 is 14.4 Å². The van der Waals surface area contributed by atoms with Crippen LogP contribution in [-0.2, 0) is 29.7 Å². The summed E-state index contributed by atoms with van der Waals surface area (Å²) in [5.41, 5.74) is -1.14. The monoisotopic (exact) mass is 615 g/mol. The van der Waals surface area contributed by atoms with Crippen molar-refractivity contribution in [2.75, 3.05) is 19.7 Å². The molecule has 0 aromatic heterocycles. The van der Waals surface area contributed by atoms with Gasteiger partial charge in [0.1, 0.15) is 0 Å². The minimum atomic E-state index is -4.48. The van der Waals surface area contributed by atoms with Crippen LogP contribution in [0, 0.1) is 0 Å². The van der Waals surface area contributed by atoms with Crippen LogP contribution in [0.5, 0.6) is 0 Å². The molecule has 8 nitrogen and oxygen atoms in total. The smallest absolute Gasteiger partial charge is 0.352 e. The summed E-state index contributed by atoms with van der Waals surface area (Å²) in [6.45, 7) is 4.40. The number of nitrogens with zero attached hydrogens (tertiary/aromatic N) is 1. The van der Waals surface area contributed by atoms with E-state index in [0.29, 0.717) is 23.6 Å². The van der Waals surface area contributed by atoms with Crippen molar-refractivity contribution in [1.29, 1.82) is 0 Å². The lowest BCUT2D eigenvalue weighted by Crippen LogP contribution is -2.67. The zero-order valence-corrected chi connectivity index (χ0v) is 26.4. The summed E-state index contributed by atoms with van der Waals surface area (Å²) in [6, 6.07) is 19.1. The molecule has 238 valence electrons. The summed E-state index contributed by atoms with van der Waals surface area (Å²) in [4.78, 5) is 13.8. The molecule has 5 rings (SSSR count). The third-order valence-corrected chi connectivity index (χ3v) is 10.2. The minimum absolute atomic E-state index is 0.0274. The molecule has 3 aliphatic heterocycles. The van der Waals surface area contributed by atoms with Crippen molar-refractivity contribution >= 4 is 16.4 Å². The van der Waals surface area contributed by atoms with Crippen molar-refractivity contribution in [3.63, 3.8) is 0 Å². The van der Waals surface area contributed by atoms with Crippen molar-refractivity contribution in [3.8, 4) is 0 Å². The second-order valence-electron chi connectivity index (χ2n) is 12.4. The quantitative estimate of drug-likeness (QED) is 0.0921. The maximum Gasteiger partial charge on any atom is 0.352 e. The number of carbonyl (C=O) groups excluding carboxylic acids is 1. The lowest BCUT2D eigenvalue weighted by Gasteiger charge is -2.51. The number of benzene rings is 2. The van der Waals surface area contributed by atoms with Crippen LogP contribution in [0.4, 0.5) is 0 Å². The van der Waals surface area contributed by atoms with Gasteiger partial charge in [0, 0.05) is 32.1 Å². The first kappa shape index (κ1) is 33.6. The maximum atomic E-state index is 13.8. The highest BCUT2D eigenvalue weighted by Gasteiger charge is 2.66. The second-order valence-corrected chi connectivity index (χ2v) is 13.5. The molecule has 9 heteroatoms. The maximum absolute atomic E-state index is 13.8. The number of unbranched alkanes of at least 4 members (excludes halogenated alkanes) is 6. The Morgan fingerprint density at radius 2 is 1.44 bits per heavy atom. The van der Waals surface area contributed by atoms with Gasteiger partial charge in [0.05, 0.1) is 25.7 Å². The predicted molar refractivity (Wildman–Crippen MR) is 164 cm³/mol. The number of carbonyl (C=O) groups is 1. The molecule has 3 saturated heterocycles. The lowest BCUT2D eigenvalue weighted by molar-refractivity contribution is -0.999. The molecule has 0 amide bonds. The Labute approximate surface area is 257 Å². The topological polar surface area (TPSA) is 113 Å². The number of quaternary nitrogens is 1. The molecule has 1 N–H and O–H groups in total. The number of esters is 1. The van der Waals surface area contributed by atoms with Crippen LogP contribution >= 0.6 is 0 Å².